The number of carboxylic acid groups (broad SMARTS) is 2. The van der Waals surface area contributed by atoms with Gasteiger partial charge in [0.25, 0.3) is 0 Å². The minimum absolute atomic E-state index is 0.0415. The van der Waals surface area contributed by atoms with Gasteiger partial charge in [0, 0.05) is 33.8 Å². The van der Waals surface area contributed by atoms with Crippen LogP contribution in [0.2, 0.25) is 0 Å². The van der Waals surface area contributed by atoms with E-state index in [1.807, 2.05) is 20.8 Å². The molecule has 0 bridgehead atoms. The van der Waals surface area contributed by atoms with E-state index in [9.17, 15) is 24.3 Å². The van der Waals surface area contributed by atoms with Gasteiger partial charge in [0.2, 0.25) is 5.91 Å². The summed E-state index contributed by atoms with van der Waals surface area (Å²) >= 11 is 2.95. The molecule has 0 aliphatic heterocycles. The molecule has 5 atom stereocenters. The molecule has 36 heavy (non-hydrogen) atoms. The molecule has 0 aromatic carbocycles. The molecule has 1 fully saturated rings. The van der Waals surface area contributed by atoms with Gasteiger partial charge in [-0.1, -0.05) is 20.8 Å². The highest BCUT2D eigenvalue weighted by atomic mass is 32.2. The molecule has 0 saturated heterocycles. The molecule has 10 nitrogen and oxygen atoms in total. The second-order valence-corrected chi connectivity index (χ2v) is 13.8. The van der Waals surface area contributed by atoms with Crippen molar-refractivity contribution in [2.75, 3.05) is 18.1 Å². The molecule has 208 valence electrons. The summed E-state index contributed by atoms with van der Waals surface area (Å²) in [4.78, 5) is 47.8. The Labute approximate surface area is 222 Å². The SMILES string of the molecule is CC(N)(CCC(=O)C(C)(C)C)OCC(C)(C)C(=O)NC(CSC1CCC1SCC(N)C(=O)O)C(=O)O. The van der Waals surface area contributed by atoms with Gasteiger partial charge >= 0.3 is 11.9 Å². The van der Waals surface area contributed by atoms with Gasteiger partial charge in [0.05, 0.1) is 12.0 Å². The van der Waals surface area contributed by atoms with Gasteiger partial charge in [-0.25, -0.2) is 4.79 Å². The monoisotopic (exact) mass is 549 g/mol. The third-order valence-electron chi connectivity index (χ3n) is 6.10. The van der Waals surface area contributed by atoms with Crippen molar-refractivity contribution >= 4 is 47.2 Å². The molecule has 1 saturated carbocycles. The van der Waals surface area contributed by atoms with Gasteiger partial charge in [-0.15, -0.1) is 0 Å². The quantitative estimate of drug-likeness (QED) is 0.178. The fraction of sp³-hybridized carbons (Fsp3) is 0.833. The number of carbonyl (C=O) groups is 4. The van der Waals surface area contributed by atoms with Gasteiger partial charge in [-0.2, -0.15) is 23.5 Å². The Hall–Kier alpha value is -1.34. The predicted molar refractivity (Wildman–Crippen MR) is 143 cm³/mol. The third kappa shape index (κ3) is 11.0. The van der Waals surface area contributed by atoms with Gasteiger partial charge < -0.3 is 31.7 Å². The summed E-state index contributed by atoms with van der Waals surface area (Å²) in [6, 6.07) is -2.01. The van der Waals surface area contributed by atoms with Crippen molar-refractivity contribution in [3.05, 3.63) is 0 Å². The average Bonchev–Trinajstić information content (AvgIpc) is 2.73. The Morgan fingerprint density at radius 3 is 1.94 bits per heavy atom. The van der Waals surface area contributed by atoms with Gasteiger partial charge in [-0.3, -0.25) is 14.4 Å². The number of carbonyl (C=O) groups excluding carboxylic acids is 2. The van der Waals surface area contributed by atoms with Crippen molar-refractivity contribution in [1.82, 2.24) is 5.32 Å². The molecule has 0 spiro atoms. The summed E-state index contributed by atoms with van der Waals surface area (Å²) in [5, 5.41) is 21.6. The number of ketones is 1. The molecule has 0 aromatic rings. The number of carboxylic acids is 2. The zero-order chi connectivity index (χ0) is 27.9. The highest BCUT2D eigenvalue weighted by Gasteiger charge is 2.37. The van der Waals surface area contributed by atoms with Crippen molar-refractivity contribution in [3.8, 4) is 0 Å². The maximum Gasteiger partial charge on any atom is 0.327 e. The molecule has 0 heterocycles. The van der Waals surface area contributed by atoms with E-state index in [1.165, 1.54) is 23.5 Å². The summed E-state index contributed by atoms with van der Waals surface area (Å²) in [6.45, 7) is 10.4. The Balaban J connectivity index is 2.56. The van der Waals surface area contributed by atoms with Gasteiger partial charge in [0.15, 0.2) is 0 Å². The predicted octanol–water partition coefficient (Wildman–Crippen LogP) is 2.08. The van der Waals surface area contributed by atoms with Crippen LogP contribution in [0.15, 0.2) is 0 Å². The number of nitrogens with two attached hydrogens (primary N) is 2. The number of thioether (sulfide) groups is 2. The summed E-state index contributed by atoms with van der Waals surface area (Å²) in [5.74, 6) is -2.08. The number of rotatable bonds is 16. The van der Waals surface area contributed by atoms with Crippen molar-refractivity contribution in [2.24, 2.45) is 22.3 Å². The van der Waals surface area contributed by atoms with E-state index in [0.717, 1.165) is 12.8 Å². The van der Waals surface area contributed by atoms with E-state index in [-0.39, 0.29) is 35.1 Å². The standard InChI is InChI=1S/C24H43N3O7S2/c1-22(2,3)18(28)9-10-24(6,26)34-13-23(4,5)21(33)27-15(20(31)32)12-36-17-8-7-16(17)35-11-14(25)19(29)30/h14-17H,7-13,25-26H2,1-6H3,(H,27,33)(H,29,30)(H,31,32). The van der Waals surface area contributed by atoms with E-state index in [4.69, 9.17) is 21.3 Å². The Morgan fingerprint density at radius 1 is 0.972 bits per heavy atom. The average molecular weight is 550 g/mol. The lowest BCUT2D eigenvalue weighted by Gasteiger charge is -2.36. The number of amides is 1. The van der Waals surface area contributed by atoms with Crippen LogP contribution in [0, 0.1) is 10.8 Å². The van der Waals surface area contributed by atoms with Gasteiger partial charge in [-0.05, 0) is 40.0 Å². The smallest absolute Gasteiger partial charge is 0.327 e. The topological polar surface area (TPSA) is 182 Å². The van der Waals surface area contributed by atoms with Crippen LogP contribution < -0.4 is 16.8 Å². The van der Waals surface area contributed by atoms with Crippen molar-refractivity contribution in [3.63, 3.8) is 0 Å². The second kappa shape index (κ2) is 13.5. The molecular formula is C24H43N3O7S2. The first-order valence-corrected chi connectivity index (χ1v) is 14.2. The van der Waals surface area contributed by atoms with E-state index in [0.29, 0.717) is 12.2 Å². The summed E-state index contributed by atoms with van der Waals surface area (Å²) in [7, 11) is 0. The first kappa shape index (κ1) is 32.7. The summed E-state index contributed by atoms with van der Waals surface area (Å²) in [6.07, 6.45) is 2.37. The molecule has 12 heteroatoms. The third-order valence-corrected chi connectivity index (χ3v) is 9.33. The molecule has 0 aromatic heterocycles. The van der Waals surface area contributed by atoms with Crippen LogP contribution in [-0.2, 0) is 23.9 Å². The van der Waals surface area contributed by atoms with Crippen LogP contribution in [-0.4, -0.2) is 80.3 Å². The van der Waals surface area contributed by atoms with Crippen LogP contribution >= 0.6 is 23.5 Å². The van der Waals surface area contributed by atoms with Crippen LogP contribution in [0.1, 0.15) is 67.2 Å². The largest absolute Gasteiger partial charge is 0.480 e. The molecule has 1 aliphatic rings. The van der Waals surface area contributed by atoms with E-state index < -0.39 is 46.5 Å². The zero-order valence-electron chi connectivity index (χ0n) is 22.2. The normalized spacial score (nSPS) is 21.6. The first-order chi connectivity index (χ1) is 16.4. The Kier molecular flexibility index (Phi) is 12.2. The number of aliphatic carboxylic acids is 2. The summed E-state index contributed by atoms with van der Waals surface area (Å²) < 4.78 is 5.78. The molecule has 1 aliphatic carbocycles. The van der Waals surface area contributed by atoms with Crippen LogP contribution in [0.25, 0.3) is 0 Å². The maximum atomic E-state index is 12.9. The van der Waals surface area contributed by atoms with E-state index in [2.05, 4.69) is 5.32 Å². The number of ether oxygens (including phenoxy) is 1. The Bertz CT molecular complexity index is 799. The van der Waals surface area contributed by atoms with E-state index in [1.54, 1.807) is 20.8 Å². The lowest BCUT2D eigenvalue weighted by atomic mass is 9.87. The van der Waals surface area contributed by atoms with Crippen molar-refractivity contribution in [1.29, 1.82) is 0 Å². The first-order valence-electron chi connectivity index (χ1n) is 12.1. The second-order valence-electron chi connectivity index (χ2n) is 11.3. The summed E-state index contributed by atoms with van der Waals surface area (Å²) in [5.41, 5.74) is 9.13. The minimum atomic E-state index is -1.13. The molecule has 0 radical (unpaired) electrons. The molecule has 1 rings (SSSR count). The zero-order valence-corrected chi connectivity index (χ0v) is 23.8. The van der Waals surface area contributed by atoms with Crippen molar-refractivity contribution in [2.45, 2.75) is 95.5 Å². The number of hydrogen-bond donors (Lipinski definition) is 5. The number of hydrogen-bond acceptors (Lipinski definition) is 9. The molecular weight excluding hydrogens is 506 g/mol. The van der Waals surface area contributed by atoms with Gasteiger partial charge in [0.1, 0.15) is 23.6 Å². The number of Topliss-reactive ketones (excluding diaryl/α,β-unsaturated/α-hetero) is 1. The van der Waals surface area contributed by atoms with E-state index >= 15 is 0 Å². The van der Waals surface area contributed by atoms with Crippen molar-refractivity contribution < 1.29 is 34.1 Å². The lowest BCUT2D eigenvalue weighted by molar-refractivity contribution is -0.146. The highest BCUT2D eigenvalue weighted by molar-refractivity contribution is 8.04. The molecule has 1 amide bonds. The fourth-order valence-corrected chi connectivity index (χ4v) is 6.13. The molecule has 5 unspecified atom stereocenters. The van der Waals surface area contributed by atoms with Crippen LogP contribution in [0.4, 0.5) is 0 Å². The Morgan fingerprint density at radius 2 is 1.50 bits per heavy atom. The minimum Gasteiger partial charge on any atom is -0.480 e. The molecule has 7 N–H and O–H groups in total. The fourth-order valence-electron chi connectivity index (χ4n) is 3.09. The lowest BCUT2D eigenvalue weighted by Crippen LogP contribution is -2.51. The maximum absolute atomic E-state index is 12.9. The van der Waals surface area contributed by atoms with Crippen LogP contribution in [0.3, 0.4) is 0 Å². The highest BCUT2D eigenvalue weighted by Crippen LogP contribution is 2.40. The van der Waals surface area contributed by atoms with Crippen LogP contribution in [0.5, 0.6) is 0 Å². The number of nitrogens with one attached hydrogen (secondary N) is 1.